The van der Waals surface area contributed by atoms with Gasteiger partial charge in [-0.1, -0.05) is 41.9 Å². The van der Waals surface area contributed by atoms with Crippen molar-refractivity contribution in [3.05, 3.63) is 64.4 Å². The summed E-state index contributed by atoms with van der Waals surface area (Å²) in [6.07, 6.45) is 0. The number of nitrogens with one attached hydrogen (secondary N) is 1. The molecule has 1 N–H and O–H groups in total. The fraction of sp³-hybridized carbons (Fsp3) is 0.333. The number of ether oxygens (including phenoxy) is 1. The third-order valence-electron chi connectivity index (χ3n) is 4.20. The van der Waals surface area contributed by atoms with Gasteiger partial charge < -0.3 is 4.74 Å². The number of sulfonamides is 1. The highest BCUT2D eigenvalue weighted by molar-refractivity contribution is 7.89. The highest BCUT2D eigenvalue weighted by Crippen LogP contribution is 2.22. The molecule has 26 heavy (non-hydrogen) atoms. The van der Waals surface area contributed by atoms with Crippen molar-refractivity contribution in [3.8, 4) is 0 Å². The van der Waals surface area contributed by atoms with Gasteiger partial charge in [0.05, 0.1) is 18.2 Å². The van der Waals surface area contributed by atoms with E-state index in [4.69, 9.17) is 16.3 Å². The molecule has 1 fully saturated rings. The second-order valence-corrected chi connectivity index (χ2v) is 8.22. The van der Waals surface area contributed by atoms with Crippen LogP contribution in [-0.4, -0.2) is 39.6 Å². The first-order chi connectivity index (χ1) is 12.5. The number of nitrogens with zero attached hydrogens (tertiary/aromatic N) is 1. The van der Waals surface area contributed by atoms with E-state index >= 15 is 0 Å². The quantitative estimate of drug-likeness (QED) is 0.812. The van der Waals surface area contributed by atoms with Crippen molar-refractivity contribution in [2.75, 3.05) is 26.3 Å². The Kier molecular flexibility index (Phi) is 6.26. The summed E-state index contributed by atoms with van der Waals surface area (Å²) in [5.74, 6) is -0.942. The molecule has 0 aromatic heterocycles. The predicted octanol–water partition coefficient (Wildman–Crippen LogP) is 2.79. The topological polar surface area (TPSA) is 58.6 Å². The molecule has 2 aromatic rings. The Hall–Kier alpha value is -1.51. The van der Waals surface area contributed by atoms with Crippen LogP contribution >= 0.6 is 11.6 Å². The molecule has 2 aromatic carbocycles. The van der Waals surface area contributed by atoms with Crippen molar-refractivity contribution in [3.63, 3.8) is 0 Å². The van der Waals surface area contributed by atoms with Crippen LogP contribution in [0.2, 0.25) is 5.02 Å². The maximum atomic E-state index is 13.9. The van der Waals surface area contributed by atoms with E-state index in [2.05, 4.69) is 9.62 Å². The van der Waals surface area contributed by atoms with Gasteiger partial charge in [0, 0.05) is 26.2 Å². The third kappa shape index (κ3) is 4.81. The van der Waals surface area contributed by atoms with Crippen molar-refractivity contribution in [2.24, 2.45) is 0 Å². The molecule has 3 rings (SSSR count). The highest BCUT2D eigenvalue weighted by atomic mass is 35.5. The summed E-state index contributed by atoms with van der Waals surface area (Å²) in [4.78, 5) is 1.86. The molecule has 140 valence electrons. The third-order valence-corrected chi connectivity index (χ3v) is 5.92. The van der Waals surface area contributed by atoms with E-state index in [-0.39, 0.29) is 11.6 Å². The molecule has 1 aliphatic rings. The van der Waals surface area contributed by atoms with E-state index in [0.717, 1.165) is 44.0 Å². The van der Waals surface area contributed by atoms with Gasteiger partial charge in [-0.25, -0.2) is 17.5 Å². The van der Waals surface area contributed by atoms with Crippen molar-refractivity contribution >= 4 is 21.6 Å². The van der Waals surface area contributed by atoms with E-state index in [1.54, 1.807) is 0 Å². The van der Waals surface area contributed by atoms with Gasteiger partial charge in [-0.05, 0) is 23.3 Å². The first kappa shape index (κ1) is 19.3. The average Bonchev–Trinajstić information content (AvgIpc) is 2.64. The van der Waals surface area contributed by atoms with Crippen LogP contribution in [0.5, 0.6) is 0 Å². The van der Waals surface area contributed by atoms with E-state index in [1.165, 1.54) is 18.2 Å². The summed E-state index contributed by atoms with van der Waals surface area (Å²) >= 11 is 5.66. The molecule has 0 amide bonds. The number of hydrogen-bond acceptors (Lipinski definition) is 4. The van der Waals surface area contributed by atoms with Crippen molar-refractivity contribution in [1.82, 2.24) is 9.62 Å². The summed E-state index contributed by atoms with van der Waals surface area (Å²) in [5.41, 5.74) is 1.95. The molecular weight excluding hydrogens is 379 g/mol. The Morgan fingerprint density at radius 2 is 1.73 bits per heavy atom. The van der Waals surface area contributed by atoms with Crippen LogP contribution in [0.25, 0.3) is 0 Å². The molecule has 0 bridgehead atoms. The smallest absolute Gasteiger partial charge is 0.243 e. The molecule has 0 radical (unpaired) electrons. The molecule has 1 saturated heterocycles. The molecule has 1 aliphatic heterocycles. The molecule has 0 saturated carbocycles. The second-order valence-electron chi connectivity index (χ2n) is 6.08. The van der Waals surface area contributed by atoms with E-state index in [9.17, 15) is 12.8 Å². The summed E-state index contributed by atoms with van der Waals surface area (Å²) in [6.45, 7) is 4.23. The highest BCUT2D eigenvalue weighted by Gasteiger charge is 2.20. The zero-order valence-electron chi connectivity index (χ0n) is 14.1. The van der Waals surface area contributed by atoms with Crippen molar-refractivity contribution in [2.45, 2.75) is 18.0 Å². The number of morpholine rings is 1. The standard InChI is InChI=1S/C18H20ClFN2O3S/c19-16-2-1-3-17(18(16)20)26(23,24)21-12-14-4-6-15(7-5-14)13-22-8-10-25-11-9-22/h1-7,21H,8-13H2. The zero-order chi connectivity index (χ0) is 18.6. The van der Waals surface area contributed by atoms with Gasteiger partial charge in [-0.2, -0.15) is 0 Å². The van der Waals surface area contributed by atoms with Crippen LogP contribution < -0.4 is 4.72 Å². The van der Waals surface area contributed by atoms with Crippen LogP contribution in [0.3, 0.4) is 0 Å². The lowest BCUT2D eigenvalue weighted by Crippen LogP contribution is -2.35. The van der Waals surface area contributed by atoms with Gasteiger partial charge in [0.25, 0.3) is 0 Å². The fourth-order valence-corrected chi connectivity index (χ4v) is 4.07. The molecule has 0 atom stereocenters. The molecule has 1 heterocycles. The number of rotatable bonds is 6. The minimum Gasteiger partial charge on any atom is -0.379 e. The zero-order valence-corrected chi connectivity index (χ0v) is 15.7. The first-order valence-corrected chi connectivity index (χ1v) is 10.1. The Labute approximate surface area is 157 Å². The maximum absolute atomic E-state index is 13.9. The lowest BCUT2D eigenvalue weighted by atomic mass is 10.1. The molecule has 0 aliphatic carbocycles. The first-order valence-electron chi connectivity index (χ1n) is 8.27. The van der Waals surface area contributed by atoms with Gasteiger partial charge in [-0.3, -0.25) is 4.90 Å². The van der Waals surface area contributed by atoms with Crippen LogP contribution in [0.1, 0.15) is 11.1 Å². The minimum atomic E-state index is -3.98. The maximum Gasteiger partial charge on any atom is 0.243 e. The lowest BCUT2D eigenvalue weighted by Gasteiger charge is -2.26. The second kappa shape index (κ2) is 8.45. The van der Waals surface area contributed by atoms with Crippen LogP contribution in [-0.2, 0) is 27.8 Å². The summed E-state index contributed by atoms with van der Waals surface area (Å²) in [5, 5.41) is -0.222. The summed E-state index contributed by atoms with van der Waals surface area (Å²) < 4.78 is 46.2. The molecule has 0 unspecified atom stereocenters. The number of halogens is 2. The van der Waals surface area contributed by atoms with Gasteiger partial charge in [0.15, 0.2) is 5.82 Å². The van der Waals surface area contributed by atoms with Gasteiger partial charge >= 0.3 is 0 Å². The molecule has 0 spiro atoms. The van der Waals surface area contributed by atoms with Gasteiger partial charge in [0.2, 0.25) is 10.0 Å². The largest absolute Gasteiger partial charge is 0.379 e. The SMILES string of the molecule is O=S(=O)(NCc1ccc(CN2CCOCC2)cc1)c1cccc(Cl)c1F. The van der Waals surface area contributed by atoms with Crippen LogP contribution in [0.4, 0.5) is 4.39 Å². The number of benzene rings is 2. The van der Waals surface area contributed by atoms with Crippen LogP contribution in [0.15, 0.2) is 47.4 Å². The van der Waals surface area contributed by atoms with Crippen LogP contribution in [0, 0.1) is 5.82 Å². The molecular formula is C18H20ClFN2O3S. The van der Waals surface area contributed by atoms with E-state index in [1.807, 2.05) is 24.3 Å². The Morgan fingerprint density at radius 3 is 2.42 bits per heavy atom. The van der Waals surface area contributed by atoms with E-state index in [0.29, 0.717) is 0 Å². The predicted molar refractivity (Wildman–Crippen MR) is 98.0 cm³/mol. The Bertz CT molecular complexity index is 853. The lowest BCUT2D eigenvalue weighted by molar-refractivity contribution is 0.0342. The summed E-state index contributed by atoms with van der Waals surface area (Å²) in [6, 6.07) is 11.6. The number of hydrogen-bond donors (Lipinski definition) is 1. The van der Waals surface area contributed by atoms with Crippen molar-refractivity contribution < 1.29 is 17.5 Å². The minimum absolute atomic E-state index is 0.0755. The monoisotopic (exact) mass is 398 g/mol. The fourth-order valence-electron chi connectivity index (χ4n) is 2.73. The Morgan fingerprint density at radius 1 is 1.08 bits per heavy atom. The normalized spacial score (nSPS) is 15.9. The Balaban J connectivity index is 1.61. The summed E-state index contributed by atoms with van der Waals surface area (Å²) in [7, 11) is -3.98. The van der Waals surface area contributed by atoms with Crippen molar-refractivity contribution in [1.29, 1.82) is 0 Å². The van der Waals surface area contributed by atoms with Gasteiger partial charge in [0.1, 0.15) is 4.90 Å². The molecule has 5 nitrogen and oxygen atoms in total. The average molecular weight is 399 g/mol. The molecule has 8 heteroatoms. The van der Waals surface area contributed by atoms with Gasteiger partial charge in [-0.15, -0.1) is 0 Å². The van der Waals surface area contributed by atoms with E-state index < -0.39 is 20.7 Å².